The second kappa shape index (κ2) is 7.25. The number of fused-ring (bicyclic) bond motifs is 1. The van der Waals surface area contributed by atoms with Crippen LogP contribution < -0.4 is 5.32 Å². The van der Waals surface area contributed by atoms with E-state index >= 15 is 0 Å². The molecule has 118 valence electrons. The number of ether oxygens (including phenoxy) is 1. The van der Waals surface area contributed by atoms with Crippen LogP contribution in [0.25, 0.3) is 6.08 Å². The van der Waals surface area contributed by atoms with E-state index in [-0.39, 0.29) is 18.1 Å². The molecule has 0 unspecified atom stereocenters. The van der Waals surface area contributed by atoms with Crippen molar-refractivity contribution in [3.8, 4) is 0 Å². The fraction of sp³-hybridized carbons (Fsp3) is 0.250. The normalized spacial score (nSPS) is 18.4. The lowest BCUT2D eigenvalue weighted by Gasteiger charge is -2.30. The first kappa shape index (κ1) is 15.5. The number of rotatable bonds is 4. The summed E-state index contributed by atoms with van der Waals surface area (Å²) in [4.78, 5) is 12.1. The summed E-state index contributed by atoms with van der Waals surface area (Å²) in [6.07, 6.45) is 4.23. The number of hydrogen-bond donors (Lipinski definition) is 1. The molecule has 3 rings (SSSR count). The highest BCUT2D eigenvalue weighted by Gasteiger charge is 2.26. The van der Waals surface area contributed by atoms with Gasteiger partial charge in [0.05, 0.1) is 12.6 Å². The highest BCUT2D eigenvalue weighted by molar-refractivity contribution is 5.91. The van der Waals surface area contributed by atoms with Gasteiger partial charge in [-0.3, -0.25) is 4.79 Å². The van der Waals surface area contributed by atoms with Crippen LogP contribution in [0.4, 0.5) is 0 Å². The Balaban J connectivity index is 1.64. The van der Waals surface area contributed by atoms with Crippen molar-refractivity contribution in [2.45, 2.75) is 25.5 Å². The monoisotopic (exact) mass is 307 g/mol. The van der Waals surface area contributed by atoms with Gasteiger partial charge in [0.2, 0.25) is 5.91 Å². The molecule has 1 aliphatic rings. The zero-order valence-electron chi connectivity index (χ0n) is 13.2. The van der Waals surface area contributed by atoms with Crippen molar-refractivity contribution in [1.82, 2.24) is 5.32 Å². The first-order valence-electron chi connectivity index (χ1n) is 7.97. The van der Waals surface area contributed by atoms with Crippen LogP contribution in [0.1, 0.15) is 29.7 Å². The molecule has 1 heterocycles. The van der Waals surface area contributed by atoms with E-state index in [4.69, 9.17) is 4.74 Å². The molecule has 23 heavy (non-hydrogen) atoms. The largest absolute Gasteiger partial charge is 0.371 e. The lowest BCUT2D eigenvalue weighted by Crippen LogP contribution is -2.39. The zero-order chi connectivity index (χ0) is 16.1. The van der Waals surface area contributed by atoms with Crippen molar-refractivity contribution in [3.63, 3.8) is 0 Å². The van der Waals surface area contributed by atoms with Crippen LogP contribution in [-0.4, -0.2) is 18.6 Å². The summed E-state index contributed by atoms with van der Waals surface area (Å²) in [5.41, 5.74) is 3.50. The van der Waals surface area contributed by atoms with Gasteiger partial charge in [0.25, 0.3) is 0 Å². The smallest absolute Gasteiger partial charge is 0.244 e. The Morgan fingerprint density at radius 3 is 2.74 bits per heavy atom. The number of carbonyl (C=O) groups is 1. The quantitative estimate of drug-likeness (QED) is 0.878. The molecule has 2 aromatic rings. The molecule has 0 aromatic heterocycles. The van der Waals surface area contributed by atoms with Gasteiger partial charge in [-0.1, -0.05) is 54.6 Å². The lowest BCUT2D eigenvalue weighted by molar-refractivity contribution is -0.118. The van der Waals surface area contributed by atoms with Gasteiger partial charge < -0.3 is 10.1 Å². The van der Waals surface area contributed by atoms with Crippen molar-refractivity contribution >= 4 is 12.0 Å². The second-order valence-electron chi connectivity index (χ2n) is 5.78. The Morgan fingerprint density at radius 2 is 1.91 bits per heavy atom. The van der Waals surface area contributed by atoms with Crippen LogP contribution in [0.3, 0.4) is 0 Å². The number of benzene rings is 2. The van der Waals surface area contributed by atoms with Crippen LogP contribution in [0.2, 0.25) is 0 Å². The number of carbonyl (C=O) groups excluding carboxylic acids is 1. The Labute approximate surface area is 137 Å². The summed E-state index contributed by atoms with van der Waals surface area (Å²) < 4.78 is 5.89. The Morgan fingerprint density at radius 1 is 1.17 bits per heavy atom. The lowest BCUT2D eigenvalue weighted by atomic mass is 9.94. The van der Waals surface area contributed by atoms with Crippen molar-refractivity contribution in [3.05, 3.63) is 77.4 Å². The van der Waals surface area contributed by atoms with Crippen LogP contribution in [0.5, 0.6) is 0 Å². The van der Waals surface area contributed by atoms with E-state index < -0.39 is 0 Å². The van der Waals surface area contributed by atoms with Crippen molar-refractivity contribution < 1.29 is 9.53 Å². The summed E-state index contributed by atoms with van der Waals surface area (Å²) in [5.74, 6) is -0.104. The molecule has 0 saturated heterocycles. The molecule has 0 radical (unpaired) electrons. The summed E-state index contributed by atoms with van der Waals surface area (Å²) in [6.45, 7) is 2.68. The number of hydrogen-bond acceptors (Lipinski definition) is 2. The summed E-state index contributed by atoms with van der Waals surface area (Å²) in [6, 6.07) is 18.0. The third kappa shape index (κ3) is 3.88. The molecule has 2 atom stereocenters. The molecule has 0 bridgehead atoms. The molecule has 3 heteroatoms. The predicted octanol–water partition coefficient (Wildman–Crippen LogP) is 3.52. The van der Waals surface area contributed by atoms with Gasteiger partial charge in [0.1, 0.15) is 6.10 Å². The van der Waals surface area contributed by atoms with E-state index in [2.05, 4.69) is 17.4 Å². The van der Waals surface area contributed by atoms with E-state index in [0.29, 0.717) is 6.61 Å². The number of amides is 1. The molecule has 1 aliphatic heterocycles. The molecule has 0 aliphatic carbocycles. The van der Waals surface area contributed by atoms with E-state index in [9.17, 15) is 4.79 Å². The first-order chi connectivity index (χ1) is 11.2. The standard InChI is InChI=1S/C20H21NO2/c1-15(20-18-10-6-5-9-17(18)13-14-23-20)21-19(22)12-11-16-7-3-2-4-8-16/h2-12,15,20H,13-14H2,1H3,(H,21,22)/b12-11+/t15-,20-/m0/s1. The van der Waals surface area contributed by atoms with Gasteiger partial charge in [-0.15, -0.1) is 0 Å². The molecule has 0 fully saturated rings. The fourth-order valence-corrected chi connectivity index (χ4v) is 2.92. The molecular formula is C20H21NO2. The van der Waals surface area contributed by atoms with Crippen molar-refractivity contribution in [1.29, 1.82) is 0 Å². The maximum absolute atomic E-state index is 12.1. The van der Waals surface area contributed by atoms with Crippen molar-refractivity contribution in [2.24, 2.45) is 0 Å². The van der Waals surface area contributed by atoms with Crippen LogP contribution in [0.15, 0.2) is 60.7 Å². The molecule has 0 saturated carbocycles. The summed E-state index contributed by atoms with van der Waals surface area (Å²) in [5, 5.41) is 3.01. The van der Waals surface area contributed by atoms with Gasteiger partial charge in [-0.25, -0.2) is 0 Å². The highest BCUT2D eigenvalue weighted by atomic mass is 16.5. The van der Waals surface area contributed by atoms with Gasteiger partial charge in [0.15, 0.2) is 0 Å². The summed E-state index contributed by atoms with van der Waals surface area (Å²) >= 11 is 0. The third-order valence-corrected chi connectivity index (χ3v) is 4.08. The average molecular weight is 307 g/mol. The molecule has 3 nitrogen and oxygen atoms in total. The average Bonchev–Trinajstić information content (AvgIpc) is 2.60. The minimum absolute atomic E-state index is 0.0793. The van der Waals surface area contributed by atoms with Crippen LogP contribution in [-0.2, 0) is 16.0 Å². The Hall–Kier alpha value is -2.39. The first-order valence-corrected chi connectivity index (χ1v) is 7.97. The highest BCUT2D eigenvalue weighted by Crippen LogP contribution is 2.29. The van der Waals surface area contributed by atoms with Gasteiger partial charge in [-0.05, 0) is 36.1 Å². The SMILES string of the molecule is C[C@H](NC(=O)/C=C/c1ccccc1)[C@@H]1OCCc2ccccc21. The Kier molecular flexibility index (Phi) is 4.89. The molecule has 2 aromatic carbocycles. The van der Waals surface area contributed by atoms with E-state index in [1.807, 2.05) is 55.5 Å². The molecule has 1 N–H and O–H groups in total. The predicted molar refractivity (Wildman–Crippen MR) is 91.9 cm³/mol. The molecule has 0 spiro atoms. The Bertz CT molecular complexity index is 694. The van der Waals surface area contributed by atoms with Gasteiger partial charge >= 0.3 is 0 Å². The zero-order valence-corrected chi connectivity index (χ0v) is 13.2. The molecule has 1 amide bonds. The van der Waals surface area contributed by atoms with E-state index in [1.165, 1.54) is 11.1 Å². The number of nitrogens with one attached hydrogen (secondary N) is 1. The van der Waals surface area contributed by atoms with E-state index in [0.717, 1.165) is 12.0 Å². The third-order valence-electron chi connectivity index (χ3n) is 4.08. The van der Waals surface area contributed by atoms with Gasteiger partial charge in [-0.2, -0.15) is 0 Å². The minimum atomic E-state index is -0.104. The fourth-order valence-electron chi connectivity index (χ4n) is 2.92. The van der Waals surface area contributed by atoms with Crippen LogP contribution in [0, 0.1) is 0 Å². The minimum Gasteiger partial charge on any atom is -0.371 e. The second-order valence-corrected chi connectivity index (χ2v) is 5.78. The van der Waals surface area contributed by atoms with E-state index in [1.54, 1.807) is 6.08 Å². The molecular weight excluding hydrogens is 286 g/mol. The topological polar surface area (TPSA) is 38.3 Å². The van der Waals surface area contributed by atoms with Gasteiger partial charge in [0, 0.05) is 6.08 Å². The maximum Gasteiger partial charge on any atom is 0.244 e. The summed E-state index contributed by atoms with van der Waals surface area (Å²) in [7, 11) is 0. The maximum atomic E-state index is 12.1. The van der Waals surface area contributed by atoms with Crippen molar-refractivity contribution in [2.75, 3.05) is 6.61 Å². The van der Waals surface area contributed by atoms with Crippen LogP contribution >= 0.6 is 0 Å².